The summed E-state index contributed by atoms with van der Waals surface area (Å²) in [6, 6.07) is 1.19. The summed E-state index contributed by atoms with van der Waals surface area (Å²) < 4.78 is 26.7. The van der Waals surface area contributed by atoms with E-state index in [0.717, 1.165) is 6.07 Å². The molecule has 0 aliphatic heterocycles. The zero-order valence-electron chi connectivity index (χ0n) is 10.4. The Bertz CT molecular complexity index is 507. The molecule has 0 saturated heterocycles. The first-order valence-corrected chi connectivity index (χ1v) is 5.48. The Hall–Kier alpha value is -1.78. The van der Waals surface area contributed by atoms with E-state index in [0.29, 0.717) is 12.5 Å². The molecule has 0 aromatic heterocycles. The van der Waals surface area contributed by atoms with Crippen molar-refractivity contribution < 1.29 is 23.5 Å². The van der Waals surface area contributed by atoms with Gasteiger partial charge in [-0.25, -0.2) is 13.6 Å². The number of rotatable bonds is 4. The molecule has 0 unspecified atom stereocenters. The van der Waals surface area contributed by atoms with Gasteiger partial charge in [-0.2, -0.15) is 0 Å². The Labute approximate surface area is 103 Å². The van der Waals surface area contributed by atoms with Gasteiger partial charge in [0, 0.05) is 11.5 Å². The predicted molar refractivity (Wildman–Crippen MR) is 61.7 cm³/mol. The molecular weight excluding hydrogens is 242 g/mol. The van der Waals surface area contributed by atoms with Crippen LogP contribution >= 0.6 is 0 Å². The average molecular weight is 256 g/mol. The summed E-state index contributed by atoms with van der Waals surface area (Å²) in [5.41, 5.74) is -1.92. The SMILES string of the molecule is CCC(C)(C)C(=O)c1cc(C(=O)O)c(F)cc1F. The molecule has 0 fully saturated rings. The number of carbonyl (C=O) groups is 2. The van der Waals surface area contributed by atoms with Crippen LogP contribution in [0.3, 0.4) is 0 Å². The van der Waals surface area contributed by atoms with Crippen molar-refractivity contribution in [1.82, 2.24) is 0 Å². The molecule has 0 atom stereocenters. The van der Waals surface area contributed by atoms with Crippen molar-refractivity contribution in [2.24, 2.45) is 5.41 Å². The highest BCUT2D eigenvalue weighted by molar-refractivity contribution is 6.02. The second-order valence-electron chi connectivity index (χ2n) is 4.68. The maximum atomic E-state index is 13.6. The summed E-state index contributed by atoms with van der Waals surface area (Å²) in [5.74, 6) is -4.30. The summed E-state index contributed by atoms with van der Waals surface area (Å²) in [7, 11) is 0. The second-order valence-corrected chi connectivity index (χ2v) is 4.68. The van der Waals surface area contributed by atoms with Crippen LogP contribution in [0.4, 0.5) is 8.78 Å². The van der Waals surface area contributed by atoms with Crippen molar-refractivity contribution in [3.05, 3.63) is 34.9 Å². The third kappa shape index (κ3) is 2.55. The minimum atomic E-state index is -1.53. The van der Waals surface area contributed by atoms with Gasteiger partial charge in [-0.05, 0) is 12.5 Å². The lowest BCUT2D eigenvalue weighted by Gasteiger charge is -2.21. The van der Waals surface area contributed by atoms with Gasteiger partial charge >= 0.3 is 5.97 Å². The predicted octanol–water partition coefficient (Wildman–Crippen LogP) is 3.28. The van der Waals surface area contributed by atoms with Crippen molar-refractivity contribution in [2.75, 3.05) is 0 Å². The Morgan fingerprint density at radius 1 is 1.17 bits per heavy atom. The molecule has 1 aromatic carbocycles. The van der Waals surface area contributed by atoms with Crippen LogP contribution in [0.2, 0.25) is 0 Å². The minimum absolute atomic E-state index is 0.388. The maximum Gasteiger partial charge on any atom is 0.338 e. The molecule has 3 nitrogen and oxygen atoms in total. The first-order chi connectivity index (χ1) is 8.20. The standard InChI is InChI=1S/C13H14F2O3/c1-4-13(2,3)11(16)7-5-8(12(17)18)10(15)6-9(7)14/h5-6H,4H2,1-3H3,(H,17,18). The van der Waals surface area contributed by atoms with E-state index in [2.05, 4.69) is 0 Å². The molecule has 18 heavy (non-hydrogen) atoms. The highest BCUT2D eigenvalue weighted by atomic mass is 19.1. The van der Waals surface area contributed by atoms with E-state index in [4.69, 9.17) is 5.11 Å². The van der Waals surface area contributed by atoms with Crippen LogP contribution in [0.15, 0.2) is 12.1 Å². The zero-order chi connectivity index (χ0) is 14.1. The molecule has 98 valence electrons. The van der Waals surface area contributed by atoms with Gasteiger partial charge in [0.05, 0.1) is 11.1 Å². The van der Waals surface area contributed by atoms with Crippen molar-refractivity contribution >= 4 is 11.8 Å². The van der Waals surface area contributed by atoms with Crippen molar-refractivity contribution in [3.63, 3.8) is 0 Å². The molecule has 0 heterocycles. The largest absolute Gasteiger partial charge is 0.478 e. The van der Waals surface area contributed by atoms with Crippen LogP contribution < -0.4 is 0 Å². The number of hydrogen-bond donors (Lipinski definition) is 1. The summed E-state index contributed by atoms with van der Waals surface area (Å²) in [6.07, 6.45) is 0.463. The molecule has 0 aliphatic carbocycles. The fraction of sp³-hybridized carbons (Fsp3) is 0.385. The Balaban J connectivity index is 3.38. The molecule has 5 heteroatoms. The molecule has 1 rings (SSSR count). The normalized spacial score (nSPS) is 11.4. The van der Waals surface area contributed by atoms with Gasteiger partial charge in [0.2, 0.25) is 0 Å². The number of halogens is 2. The third-order valence-corrected chi connectivity index (χ3v) is 3.03. The zero-order valence-corrected chi connectivity index (χ0v) is 10.4. The van der Waals surface area contributed by atoms with Crippen LogP contribution in [-0.2, 0) is 0 Å². The second kappa shape index (κ2) is 4.84. The van der Waals surface area contributed by atoms with Crippen LogP contribution in [-0.4, -0.2) is 16.9 Å². The lowest BCUT2D eigenvalue weighted by molar-refractivity contribution is 0.0691. The van der Waals surface area contributed by atoms with Crippen LogP contribution in [0.25, 0.3) is 0 Å². The van der Waals surface area contributed by atoms with Gasteiger partial charge < -0.3 is 5.11 Å². The van der Waals surface area contributed by atoms with Crippen LogP contribution in [0.1, 0.15) is 47.9 Å². The van der Waals surface area contributed by atoms with E-state index in [1.165, 1.54) is 0 Å². The molecule has 0 amide bonds. The Morgan fingerprint density at radius 2 is 1.67 bits per heavy atom. The van der Waals surface area contributed by atoms with Gasteiger partial charge in [-0.15, -0.1) is 0 Å². The number of carboxylic acid groups (broad SMARTS) is 1. The summed E-state index contributed by atoms with van der Waals surface area (Å²) >= 11 is 0. The van der Waals surface area contributed by atoms with Gasteiger partial charge in [0.25, 0.3) is 0 Å². The Morgan fingerprint density at radius 3 is 2.11 bits per heavy atom. The summed E-state index contributed by atoms with van der Waals surface area (Å²) in [5, 5.41) is 8.75. The van der Waals surface area contributed by atoms with Gasteiger partial charge in [0.1, 0.15) is 11.6 Å². The van der Waals surface area contributed by atoms with Crippen molar-refractivity contribution in [3.8, 4) is 0 Å². The molecular formula is C13H14F2O3. The number of aromatic carboxylic acids is 1. The summed E-state index contributed by atoms with van der Waals surface area (Å²) in [6.45, 7) is 5.01. The van der Waals surface area contributed by atoms with E-state index < -0.39 is 34.4 Å². The maximum absolute atomic E-state index is 13.6. The number of carboxylic acids is 1. The van der Waals surface area contributed by atoms with Crippen molar-refractivity contribution in [2.45, 2.75) is 27.2 Å². The number of hydrogen-bond acceptors (Lipinski definition) is 2. The molecule has 0 radical (unpaired) electrons. The topological polar surface area (TPSA) is 54.4 Å². The first kappa shape index (κ1) is 14.3. The molecule has 1 aromatic rings. The van der Waals surface area contributed by atoms with Gasteiger partial charge in [-0.3, -0.25) is 4.79 Å². The van der Waals surface area contributed by atoms with Crippen molar-refractivity contribution in [1.29, 1.82) is 0 Å². The molecule has 0 saturated carbocycles. The number of ketones is 1. The van der Waals surface area contributed by atoms with E-state index in [-0.39, 0.29) is 5.56 Å². The number of carbonyl (C=O) groups excluding carboxylic acids is 1. The molecule has 0 bridgehead atoms. The summed E-state index contributed by atoms with van der Waals surface area (Å²) in [4.78, 5) is 22.8. The van der Waals surface area contributed by atoms with Crippen LogP contribution in [0.5, 0.6) is 0 Å². The smallest absolute Gasteiger partial charge is 0.338 e. The van der Waals surface area contributed by atoms with E-state index >= 15 is 0 Å². The fourth-order valence-corrected chi connectivity index (χ4v) is 1.41. The van der Waals surface area contributed by atoms with Crippen LogP contribution in [0, 0.1) is 17.0 Å². The quantitative estimate of drug-likeness (QED) is 0.841. The highest BCUT2D eigenvalue weighted by Gasteiger charge is 2.30. The highest BCUT2D eigenvalue weighted by Crippen LogP contribution is 2.28. The van der Waals surface area contributed by atoms with E-state index in [9.17, 15) is 18.4 Å². The lowest BCUT2D eigenvalue weighted by atomic mass is 9.81. The first-order valence-electron chi connectivity index (χ1n) is 5.48. The van der Waals surface area contributed by atoms with Gasteiger partial charge in [-0.1, -0.05) is 20.8 Å². The fourth-order valence-electron chi connectivity index (χ4n) is 1.41. The van der Waals surface area contributed by atoms with E-state index in [1.807, 2.05) is 0 Å². The van der Waals surface area contributed by atoms with E-state index in [1.54, 1.807) is 20.8 Å². The monoisotopic (exact) mass is 256 g/mol. The molecule has 0 spiro atoms. The number of benzene rings is 1. The minimum Gasteiger partial charge on any atom is -0.478 e. The third-order valence-electron chi connectivity index (χ3n) is 3.03. The molecule has 0 aliphatic rings. The number of Topliss-reactive ketones (excluding diaryl/α,β-unsaturated/α-hetero) is 1. The van der Waals surface area contributed by atoms with Gasteiger partial charge in [0.15, 0.2) is 5.78 Å². The Kier molecular flexibility index (Phi) is 3.84. The lowest BCUT2D eigenvalue weighted by Crippen LogP contribution is -2.25. The molecule has 1 N–H and O–H groups in total. The average Bonchev–Trinajstić information content (AvgIpc) is 2.27.